The highest BCUT2D eigenvalue weighted by Crippen LogP contribution is 2.25. The lowest BCUT2D eigenvalue weighted by Crippen LogP contribution is -2.27. The Labute approximate surface area is 128 Å². The molecule has 1 fully saturated rings. The van der Waals surface area contributed by atoms with E-state index in [1.807, 2.05) is 11.9 Å². The van der Waals surface area contributed by atoms with Crippen molar-refractivity contribution in [3.8, 4) is 0 Å². The summed E-state index contributed by atoms with van der Waals surface area (Å²) in [6.07, 6.45) is 6.54. The Balaban J connectivity index is 1.96. The monoisotopic (exact) mass is 288 g/mol. The van der Waals surface area contributed by atoms with Gasteiger partial charge in [0.25, 0.3) is 0 Å². The molecule has 3 nitrogen and oxygen atoms in total. The van der Waals surface area contributed by atoms with Gasteiger partial charge in [-0.1, -0.05) is 38.0 Å². The molecule has 1 amide bonds. The summed E-state index contributed by atoms with van der Waals surface area (Å²) in [6.45, 7) is 5.18. The second-order valence-corrected chi connectivity index (χ2v) is 6.03. The average Bonchev–Trinajstić information content (AvgIpc) is 3.02. The number of unbranched alkanes of at least 4 members (excludes halogenated alkanes) is 2. The fraction of sp³-hybridized carbons (Fsp3) is 0.611. The number of para-hydroxylation sites is 1. The van der Waals surface area contributed by atoms with Gasteiger partial charge in [0.1, 0.15) is 0 Å². The predicted molar refractivity (Wildman–Crippen MR) is 88.5 cm³/mol. The molecule has 116 valence electrons. The molecule has 0 aromatic heterocycles. The van der Waals surface area contributed by atoms with Crippen molar-refractivity contribution in [2.24, 2.45) is 0 Å². The molecule has 0 aliphatic carbocycles. The maximum atomic E-state index is 12.2. The lowest BCUT2D eigenvalue weighted by Gasteiger charge is -2.24. The quantitative estimate of drug-likeness (QED) is 0.712. The molecule has 0 N–H and O–H groups in total. The van der Waals surface area contributed by atoms with E-state index < -0.39 is 0 Å². The molecule has 2 rings (SSSR count). The van der Waals surface area contributed by atoms with Crippen molar-refractivity contribution in [1.29, 1.82) is 0 Å². The SMILES string of the molecule is CCCCCC(=O)N(C)Cc1ccccc1N1CCCC1. The fourth-order valence-corrected chi connectivity index (χ4v) is 2.97. The van der Waals surface area contributed by atoms with E-state index in [1.165, 1.54) is 24.1 Å². The van der Waals surface area contributed by atoms with Crippen LogP contribution in [0.15, 0.2) is 24.3 Å². The Morgan fingerprint density at radius 2 is 1.90 bits per heavy atom. The number of nitrogens with zero attached hydrogens (tertiary/aromatic N) is 2. The Kier molecular flexibility index (Phi) is 6.09. The van der Waals surface area contributed by atoms with Gasteiger partial charge < -0.3 is 9.80 Å². The largest absolute Gasteiger partial charge is 0.371 e. The van der Waals surface area contributed by atoms with E-state index in [2.05, 4.69) is 36.1 Å². The molecule has 1 aromatic rings. The summed E-state index contributed by atoms with van der Waals surface area (Å²) in [6, 6.07) is 8.52. The van der Waals surface area contributed by atoms with Crippen LogP contribution in [-0.2, 0) is 11.3 Å². The smallest absolute Gasteiger partial charge is 0.222 e. The van der Waals surface area contributed by atoms with E-state index in [9.17, 15) is 4.79 Å². The van der Waals surface area contributed by atoms with Crippen molar-refractivity contribution < 1.29 is 4.79 Å². The maximum Gasteiger partial charge on any atom is 0.222 e. The van der Waals surface area contributed by atoms with Gasteiger partial charge in [0.15, 0.2) is 0 Å². The van der Waals surface area contributed by atoms with Crippen LogP contribution < -0.4 is 4.90 Å². The highest BCUT2D eigenvalue weighted by molar-refractivity contribution is 5.76. The fourth-order valence-electron chi connectivity index (χ4n) is 2.97. The Morgan fingerprint density at radius 1 is 1.19 bits per heavy atom. The molecule has 1 aromatic carbocycles. The molecule has 0 spiro atoms. The van der Waals surface area contributed by atoms with Crippen molar-refractivity contribution in [2.75, 3.05) is 25.0 Å². The normalized spacial score (nSPS) is 14.5. The lowest BCUT2D eigenvalue weighted by molar-refractivity contribution is -0.130. The molecule has 3 heteroatoms. The van der Waals surface area contributed by atoms with E-state index in [4.69, 9.17) is 0 Å². The third-order valence-electron chi connectivity index (χ3n) is 4.27. The van der Waals surface area contributed by atoms with E-state index >= 15 is 0 Å². The van der Waals surface area contributed by atoms with E-state index in [0.717, 1.165) is 38.9 Å². The molecular weight excluding hydrogens is 260 g/mol. The van der Waals surface area contributed by atoms with Crippen molar-refractivity contribution >= 4 is 11.6 Å². The first-order valence-electron chi connectivity index (χ1n) is 8.29. The molecular formula is C18H28N2O. The first-order valence-corrected chi connectivity index (χ1v) is 8.29. The summed E-state index contributed by atoms with van der Waals surface area (Å²) in [4.78, 5) is 16.5. The Hall–Kier alpha value is -1.51. The summed E-state index contributed by atoms with van der Waals surface area (Å²) in [5, 5.41) is 0. The van der Waals surface area contributed by atoms with Gasteiger partial charge in [0, 0.05) is 38.8 Å². The van der Waals surface area contributed by atoms with Crippen molar-refractivity contribution in [1.82, 2.24) is 4.90 Å². The van der Waals surface area contributed by atoms with Gasteiger partial charge in [-0.05, 0) is 30.9 Å². The van der Waals surface area contributed by atoms with Crippen LogP contribution in [0.25, 0.3) is 0 Å². The predicted octanol–water partition coefficient (Wildman–Crippen LogP) is 3.83. The van der Waals surface area contributed by atoms with E-state index in [-0.39, 0.29) is 5.91 Å². The number of hydrogen-bond acceptors (Lipinski definition) is 2. The van der Waals surface area contributed by atoms with Crippen LogP contribution in [0, 0.1) is 0 Å². The van der Waals surface area contributed by atoms with Crippen LogP contribution in [-0.4, -0.2) is 30.9 Å². The maximum absolute atomic E-state index is 12.2. The molecule has 0 saturated carbocycles. The number of rotatable bonds is 7. The number of anilines is 1. The number of hydrogen-bond donors (Lipinski definition) is 0. The number of carbonyl (C=O) groups excluding carboxylic acids is 1. The zero-order valence-corrected chi connectivity index (χ0v) is 13.5. The topological polar surface area (TPSA) is 23.6 Å². The van der Waals surface area contributed by atoms with E-state index in [0.29, 0.717) is 6.42 Å². The molecule has 0 radical (unpaired) electrons. The van der Waals surface area contributed by atoms with Gasteiger partial charge >= 0.3 is 0 Å². The van der Waals surface area contributed by atoms with Crippen LogP contribution in [0.3, 0.4) is 0 Å². The Morgan fingerprint density at radius 3 is 2.62 bits per heavy atom. The number of amides is 1. The van der Waals surface area contributed by atoms with Crippen molar-refractivity contribution in [3.05, 3.63) is 29.8 Å². The van der Waals surface area contributed by atoms with Crippen LogP contribution >= 0.6 is 0 Å². The van der Waals surface area contributed by atoms with Crippen LogP contribution in [0.2, 0.25) is 0 Å². The van der Waals surface area contributed by atoms with Crippen molar-refractivity contribution in [2.45, 2.75) is 52.0 Å². The molecule has 0 unspecified atom stereocenters. The summed E-state index contributed by atoms with van der Waals surface area (Å²) < 4.78 is 0. The molecule has 21 heavy (non-hydrogen) atoms. The van der Waals surface area contributed by atoms with Crippen LogP contribution in [0.4, 0.5) is 5.69 Å². The highest BCUT2D eigenvalue weighted by Gasteiger charge is 2.17. The summed E-state index contributed by atoms with van der Waals surface area (Å²) in [5.74, 6) is 0.264. The van der Waals surface area contributed by atoms with Crippen molar-refractivity contribution in [3.63, 3.8) is 0 Å². The first-order chi connectivity index (χ1) is 10.2. The van der Waals surface area contributed by atoms with Gasteiger partial charge in [-0.15, -0.1) is 0 Å². The molecule has 0 atom stereocenters. The molecule has 1 aliphatic rings. The minimum absolute atomic E-state index is 0.264. The zero-order valence-electron chi connectivity index (χ0n) is 13.5. The minimum atomic E-state index is 0.264. The summed E-state index contributed by atoms with van der Waals surface area (Å²) in [7, 11) is 1.93. The van der Waals surface area contributed by atoms with Crippen LogP contribution in [0.5, 0.6) is 0 Å². The van der Waals surface area contributed by atoms with Gasteiger partial charge in [-0.25, -0.2) is 0 Å². The molecule has 1 saturated heterocycles. The standard InChI is InChI=1S/C18H28N2O/c1-3-4-5-12-18(21)19(2)15-16-10-6-7-11-17(16)20-13-8-9-14-20/h6-7,10-11H,3-5,8-9,12-15H2,1-2H3. The third-order valence-corrected chi connectivity index (χ3v) is 4.27. The molecule has 0 bridgehead atoms. The van der Waals surface area contributed by atoms with Crippen LogP contribution in [0.1, 0.15) is 51.0 Å². The van der Waals surface area contributed by atoms with E-state index in [1.54, 1.807) is 0 Å². The summed E-state index contributed by atoms with van der Waals surface area (Å²) in [5.41, 5.74) is 2.58. The molecule has 1 aliphatic heterocycles. The Bertz CT molecular complexity index is 452. The van der Waals surface area contributed by atoms with Gasteiger partial charge in [-0.2, -0.15) is 0 Å². The zero-order chi connectivity index (χ0) is 15.1. The lowest BCUT2D eigenvalue weighted by atomic mass is 10.1. The van der Waals surface area contributed by atoms with Gasteiger partial charge in [0.2, 0.25) is 5.91 Å². The third kappa shape index (κ3) is 4.48. The number of benzene rings is 1. The second kappa shape index (κ2) is 8.06. The molecule has 1 heterocycles. The highest BCUT2D eigenvalue weighted by atomic mass is 16.2. The summed E-state index contributed by atoms with van der Waals surface area (Å²) >= 11 is 0. The number of carbonyl (C=O) groups is 1. The van der Waals surface area contributed by atoms with Gasteiger partial charge in [0.05, 0.1) is 0 Å². The second-order valence-electron chi connectivity index (χ2n) is 6.03. The average molecular weight is 288 g/mol. The van der Waals surface area contributed by atoms with Gasteiger partial charge in [-0.3, -0.25) is 4.79 Å². The first kappa shape index (κ1) is 15.9. The minimum Gasteiger partial charge on any atom is -0.371 e.